The Morgan fingerprint density at radius 2 is 0.968 bits per heavy atom. The smallest absolute Gasteiger partial charge is 0.490 e. The molecule has 2 unspecified atom stereocenters. The molecule has 2 aromatic heterocycles. The van der Waals surface area contributed by atoms with Gasteiger partial charge in [0.05, 0.1) is 24.6 Å². The fourth-order valence-corrected chi connectivity index (χ4v) is 8.15. The van der Waals surface area contributed by atoms with E-state index in [0.717, 1.165) is 12.5 Å². The molecule has 0 radical (unpaired) electrons. The Hall–Kier alpha value is -5.51. The number of hydrogen-bond acceptors (Lipinski definition) is 17. The molecule has 0 saturated heterocycles. The molecule has 4 aromatic rings. The number of methoxy groups -OCH3 is 2. The molecular formula is C41H54N4O15S2. The van der Waals surface area contributed by atoms with E-state index in [9.17, 15) is 31.2 Å². The van der Waals surface area contributed by atoms with Gasteiger partial charge >= 0.3 is 6.16 Å². The summed E-state index contributed by atoms with van der Waals surface area (Å²) in [4.78, 5) is 40.6. The van der Waals surface area contributed by atoms with Gasteiger partial charge in [-0.1, -0.05) is 0 Å². The molecule has 62 heavy (non-hydrogen) atoms. The Bertz CT molecular complexity index is 2360. The zero-order chi connectivity index (χ0) is 46.3. The average molecular weight is 907 g/mol. The van der Waals surface area contributed by atoms with Crippen molar-refractivity contribution in [3.63, 3.8) is 0 Å². The van der Waals surface area contributed by atoms with E-state index in [4.69, 9.17) is 37.9 Å². The van der Waals surface area contributed by atoms with E-state index >= 15 is 0 Å². The molecule has 340 valence electrons. The highest BCUT2D eigenvalue weighted by molar-refractivity contribution is 7.91. The Morgan fingerprint density at radius 1 is 0.613 bits per heavy atom. The van der Waals surface area contributed by atoms with E-state index < -0.39 is 49.6 Å². The first-order valence-electron chi connectivity index (χ1n) is 19.2. The van der Waals surface area contributed by atoms with Crippen LogP contribution in [0.5, 0.6) is 23.3 Å². The number of rotatable bonds is 22. The van der Waals surface area contributed by atoms with Crippen LogP contribution < -0.4 is 18.9 Å². The molecule has 19 nitrogen and oxygen atoms in total. The number of aromatic nitrogens is 4. The van der Waals surface area contributed by atoms with Gasteiger partial charge in [-0.25, -0.2) is 31.0 Å². The van der Waals surface area contributed by atoms with Crippen LogP contribution in [0.25, 0.3) is 0 Å². The quantitative estimate of drug-likeness (QED) is 0.0614. The topological polar surface area (TPSA) is 229 Å². The van der Waals surface area contributed by atoms with Gasteiger partial charge in [0.15, 0.2) is 19.7 Å². The van der Waals surface area contributed by atoms with Gasteiger partial charge in [0.1, 0.15) is 71.1 Å². The first kappa shape index (κ1) is 49.1. The summed E-state index contributed by atoms with van der Waals surface area (Å²) in [6.45, 7) is 9.54. The van der Waals surface area contributed by atoms with Gasteiger partial charge in [0.2, 0.25) is 23.3 Å². The lowest BCUT2D eigenvalue weighted by Crippen LogP contribution is -2.27. The predicted molar refractivity (Wildman–Crippen MR) is 224 cm³/mol. The Kier molecular flexibility index (Phi) is 16.3. The van der Waals surface area contributed by atoms with Crippen LogP contribution in [0.4, 0.5) is 4.79 Å². The van der Waals surface area contributed by atoms with E-state index in [1.165, 1.54) is 47.8 Å². The third-order valence-corrected chi connectivity index (χ3v) is 11.6. The molecule has 0 fully saturated rings. The van der Waals surface area contributed by atoms with Crippen LogP contribution in [0.1, 0.15) is 68.2 Å². The number of benzene rings is 2. The van der Waals surface area contributed by atoms with Gasteiger partial charge in [-0.2, -0.15) is 10.2 Å². The molecule has 0 bridgehead atoms. The number of sulfone groups is 2. The van der Waals surface area contributed by atoms with Gasteiger partial charge in [0, 0.05) is 63.1 Å². The Labute approximate surface area is 361 Å². The average Bonchev–Trinajstić information content (AvgIpc) is 3.62. The molecule has 0 spiro atoms. The third-order valence-electron chi connectivity index (χ3n) is 9.39. The van der Waals surface area contributed by atoms with Crippen LogP contribution in [0.2, 0.25) is 0 Å². The highest BCUT2D eigenvalue weighted by Crippen LogP contribution is 2.36. The van der Waals surface area contributed by atoms with Crippen molar-refractivity contribution >= 4 is 37.4 Å². The van der Waals surface area contributed by atoms with E-state index in [2.05, 4.69) is 10.2 Å². The van der Waals surface area contributed by atoms with Crippen molar-refractivity contribution in [3.05, 3.63) is 69.0 Å². The van der Waals surface area contributed by atoms with Crippen LogP contribution in [0.15, 0.2) is 34.1 Å². The van der Waals surface area contributed by atoms with Gasteiger partial charge in [0.25, 0.3) is 0 Å². The van der Waals surface area contributed by atoms with E-state index in [-0.39, 0.29) is 94.9 Å². The lowest BCUT2D eigenvalue weighted by molar-refractivity contribution is 0.0100. The second-order valence-electron chi connectivity index (χ2n) is 14.5. The number of hydrogen-bond donors (Lipinski definition) is 0. The van der Waals surface area contributed by atoms with Gasteiger partial charge in [-0.15, -0.1) is 0 Å². The molecule has 4 rings (SSSR count). The molecule has 0 amide bonds. The fourth-order valence-electron chi connectivity index (χ4n) is 6.42. The van der Waals surface area contributed by atoms with Gasteiger partial charge < -0.3 is 37.9 Å². The maximum atomic E-state index is 14.0. The molecule has 0 aliphatic rings. The Balaban J connectivity index is 1.43. The SMILES string of the molecule is COCCOc1c(S(C)(=O)=O)ccc(C(=O)c2c(C)nn(C)c2OC(C)COC(=O)OCC(C)Oc2c(C(=O)c3ccc(S(C)(=O)=O)c(OCCOC)c3C)c(C)nn2C)c1C. The molecule has 2 heterocycles. The maximum Gasteiger partial charge on any atom is 0.508 e. The number of nitrogens with zero attached hydrogens (tertiary/aromatic N) is 4. The number of aryl methyl sites for hydroxylation is 4. The van der Waals surface area contributed by atoms with Gasteiger partial charge in [-0.3, -0.25) is 9.59 Å². The molecule has 2 aromatic carbocycles. The number of ether oxygens (including phenoxy) is 8. The minimum atomic E-state index is -3.70. The second-order valence-corrected chi connectivity index (χ2v) is 18.5. The van der Waals surface area contributed by atoms with Crippen LogP contribution in [-0.4, -0.2) is 133 Å². The summed E-state index contributed by atoms with van der Waals surface area (Å²) in [5.74, 6) is -0.744. The normalized spacial score (nSPS) is 12.7. The summed E-state index contributed by atoms with van der Waals surface area (Å²) >= 11 is 0. The van der Waals surface area contributed by atoms with Crippen LogP contribution in [0, 0.1) is 27.7 Å². The van der Waals surface area contributed by atoms with Crippen LogP contribution >= 0.6 is 0 Å². The number of carbonyl (C=O) groups is 3. The molecule has 2 atom stereocenters. The first-order valence-corrected chi connectivity index (χ1v) is 23.0. The zero-order valence-corrected chi connectivity index (χ0v) is 38.6. The standard InChI is InChI=1S/C41H54N4O15S2/c1-23(59-39-33(27(5)42-44(39)7)35(46)29-13-15-31(61(11,49)50)37(25(29)3)55-19-17-53-9)21-57-41(48)58-22-24(2)60-40-34(28(6)43-45(40)8)36(47)30-14-16-32(62(12,51)52)38(26(30)4)56-20-18-54-10/h13-16,23-24H,17-22H2,1-12H3. The predicted octanol–water partition coefficient (Wildman–Crippen LogP) is 4.09. The molecule has 0 aliphatic carbocycles. The summed E-state index contributed by atoms with van der Waals surface area (Å²) < 4.78 is 97.2. The van der Waals surface area contributed by atoms with Gasteiger partial charge in [-0.05, 0) is 65.8 Å². The molecule has 21 heteroatoms. The third kappa shape index (κ3) is 11.5. The number of ketones is 2. The summed E-state index contributed by atoms with van der Waals surface area (Å²) in [6.07, 6.45) is -0.548. The van der Waals surface area contributed by atoms with E-state index in [1.807, 2.05) is 0 Å². The van der Waals surface area contributed by atoms with Crippen molar-refractivity contribution in [1.29, 1.82) is 0 Å². The lowest BCUT2D eigenvalue weighted by Gasteiger charge is -2.19. The van der Waals surface area contributed by atoms with Crippen LogP contribution in [0.3, 0.4) is 0 Å². The Morgan fingerprint density at radius 3 is 1.29 bits per heavy atom. The number of carbonyl (C=O) groups excluding carboxylic acids is 3. The summed E-state index contributed by atoms with van der Waals surface area (Å²) in [7, 11) is -1.29. The molecule has 0 N–H and O–H groups in total. The van der Waals surface area contributed by atoms with Crippen molar-refractivity contribution in [1.82, 2.24) is 19.6 Å². The molecule has 0 aliphatic heterocycles. The fraction of sp³-hybridized carbons (Fsp3) is 0.488. The molecule has 0 saturated carbocycles. The first-order chi connectivity index (χ1) is 29.0. The monoisotopic (exact) mass is 906 g/mol. The van der Waals surface area contributed by atoms with Crippen molar-refractivity contribution < 1.29 is 69.1 Å². The summed E-state index contributed by atoms with van der Waals surface area (Å²) in [6, 6.07) is 5.45. The summed E-state index contributed by atoms with van der Waals surface area (Å²) in [5.41, 5.74) is 1.86. The van der Waals surface area contributed by atoms with Crippen molar-refractivity contribution in [3.8, 4) is 23.3 Å². The lowest BCUT2D eigenvalue weighted by atomic mass is 9.98. The minimum absolute atomic E-state index is 0.0383. The summed E-state index contributed by atoms with van der Waals surface area (Å²) in [5, 5.41) is 8.71. The van der Waals surface area contributed by atoms with E-state index in [1.54, 1.807) is 55.6 Å². The second kappa shape index (κ2) is 20.6. The van der Waals surface area contributed by atoms with E-state index in [0.29, 0.717) is 22.5 Å². The van der Waals surface area contributed by atoms with Crippen molar-refractivity contribution in [2.75, 3.05) is 66.4 Å². The maximum absolute atomic E-state index is 14.0. The highest BCUT2D eigenvalue weighted by atomic mass is 32.2. The van der Waals surface area contributed by atoms with Crippen molar-refractivity contribution in [2.24, 2.45) is 14.1 Å². The highest BCUT2D eigenvalue weighted by Gasteiger charge is 2.31. The van der Waals surface area contributed by atoms with Crippen molar-refractivity contribution in [2.45, 2.75) is 63.5 Å². The molecular weight excluding hydrogens is 853 g/mol. The zero-order valence-electron chi connectivity index (χ0n) is 36.9. The van der Waals surface area contributed by atoms with Crippen LogP contribution in [-0.2, 0) is 52.7 Å². The minimum Gasteiger partial charge on any atom is -0.490 e. The largest absolute Gasteiger partial charge is 0.508 e.